The van der Waals surface area contributed by atoms with Crippen LogP contribution in [-0.2, 0) is 16.6 Å². The minimum absolute atomic E-state index is 0.0291. The summed E-state index contributed by atoms with van der Waals surface area (Å²) in [6.45, 7) is 2.58. The van der Waals surface area contributed by atoms with Crippen molar-refractivity contribution >= 4 is 10.0 Å². The number of sulfonamides is 1. The van der Waals surface area contributed by atoms with Crippen molar-refractivity contribution in [2.24, 2.45) is 0 Å². The van der Waals surface area contributed by atoms with Gasteiger partial charge in [0, 0.05) is 30.4 Å². The fourth-order valence-corrected chi connectivity index (χ4v) is 4.52. The molecule has 20 heavy (non-hydrogen) atoms. The zero-order valence-corrected chi connectivity index (χ0v) is 12.9. The van der Waals surface area contributed by atoms with E-state index in [2.05, 4.69) is 10.2 Å². The van der Waals surface area contributed by atoms with E-state index < -0.39 is 10.0 Å². The van der Waals surface area contributed by atoms with Gasteiger partial charge in [0.1, 0.15) is 0 Å². The van der Waals surface area contributed by atoms with Crippen molar-refractivity contribution in [2.75, 3.05) is 27.2 Å². The van der Waals surface area contributed by atoms with Crippen LogP contribution >= 0.6 is 0 Å². The van der Waals surface area contributed by atoms with Crippen molar-refractivity contribution < 1.29 is 13.5 Å². The number of hydrogen-bond donors (Lipinski definition) is 2. The summed E-state index contributed by atoms with van der Waals surface area (Å²) in [6, 6.07) is -0.0291. The molecule has 0 aromatic carbocycles. The van der Waals surface area contributed by atoms with Gasteiger partial charge in [-0.1, -0.05) is 0 Å². The third-order valence-corrected chi connectivity index (χ3v) is 5.57. The molecular formula is C12H22N4O3S. The topological polar surface area (TPSA) is 89.5 Å². The van der Waals surface area contributed by atoms with Crippen LogP contribution in [-0.4, -0.2) is 66.2 Å². The fraction of sp³-hybridized carbons (Fsp3) is 0.750. The van der Waals surface area contributed by atoms with Gasteiger partial charge in [0.05, 0.1) is 6.61 Å². The number of aromatic amines is 1. The van der Waals surface area contributed by atoms with E-state index >= 15 is 0 Å². The molecule has 8 heteroatoms. The summed E-state index contributed by atoms with van der Waals surface area (Å²) in [4.78, 5) is 1.99. The number of nitrogens with one attached hydrogen (secondary N) is 1. The summed E-state index contributed by atoms with van der Waals surface area (Å²) >= 11 is 0. The molecule has 0 bridgehead atoms. The predicted octanol–water partition coefficient (Wildman–Crippen LogP) is -0.0749. The number of aromatic nitrogens is 2. The molecule has 0 saturated carbocycles. The molecule has 2 heterocycles. The first-order valence-corrected chi connectivity index (χ1v) is 8.13. The minimum atomic E-state index is -3.65. The zero-order chi connectivity index (χ0) is 14.9. The first-order valence-electron chi connectivity index (χ1n) is 6.69. The Kier molecular flexibility index (Phi) is 4.48. The summed E-state index contributed by atoms with van der Waals surface area (Å²) in [5, 5.41) is 15.9. The molecule has 1 aromatic heterocycles. The number of H-pyrrole nitrogens is 1. The fourth-order valence-electron chi connectivity index (χ4n) is 2.67. The lowest BCUT2D eigenvalue weighted by Crippen LogP contribution is -2.41. The minimum Gasteiger partial charge on any atom is -0.392 e. The lowest BCUT2D eigenvalue weighted by molar-refractivity contribution is 0.274. The average Bonchev–Trinajstić information content (AvgIpc) is 2.95. The Morgan fingerprint density at radius 1 is 1.50 bits per heavy atom. The van der Waals surface area contributed by atoms with Gasteiger partial charge in [-0.15, -0.1) is 0 Å². The molecule has 0 amide bonds. The van der Waals surface area contributed by atoms with Crippen LogP contribution in [0.3, 0.4) is 0 Å². The maximum atomic E-state index is 12.7. The molecule has 1 atom stereocenters. The Bertz CT molecular complexity index is 567. The van der Waals surface area contributed by atoms with Gasteiger partial charge < -0.3 is 10.0 Å². The molecular weight excluding hydrogens is 280 g/mol. The van der Waals surface area contributed by atoms with Crippen LogP contribution in [0, 0.1) is 6.92 Å². The van der Waals surface area contributed by atoms with Crippen molar-refractivity contribution in [1.29, 1.82) is 0 Å². The molecule has 0 aliphatic carbocycles. The van der Waals surface area contributed by atoms with Gasteiger partial charge in [-0.2, -0.15) is 9.40 Å². The summed E-state index contributed by atoms with van der Waals surface area (Å²) in [7, 11) is 0.212. The van der Waals surface area contributed by atoms with E-state index in [1.807, 2.05) is 19.0 Å². The van der Waals surface area contributed by atoms with Gasteiger partial charge in [-0.05, 0) is 33.9 Å². The monoisotopic (exact) mass is 302 g/mol. The van der Waals surface area contributed by atoms with Gasteiger partial charge in [-0.25, -0.2) is 8.42 Å². The number of aryl methyl sites for hydroxylation is 1. The van der Waals surface area contributed by atoms with E-state index in [0.29, 0.717) is 24.3 Å². The Hall–Kier alpha value is -0.960. The lowest BCUT2D eigenvalue weighted by atomic mass is 10.2. The highest BCUT2D eigenvalue weighted by molar-refractivity contribution is 7.89. The first kappa shape index (κ1) is 15.4. The van der Waals surface area contributed by atoms with Crippen molar-refractivity contribution in [1.82, 2.24) is 19.4 Å². The molecule has 114 valence electrons. The van der Waals surface area contributed by atoms with Crippen LogP contribution in [0.15, 0.2) is 5.03 Å². The van der Waals surface area contributed by atoms with Gasteiger partial charge in [-0.3, -0.25) is 5.10 Å². The highest BCUT2D eigenvalue weighted by Crippen LogP contribution is 2.28. The lowest BCUT2D eigenvalue weighted by Gasteiger charge is -2.25. The first-order chi connectivity index (χ1) is 9.37. The smallest absolute Gasteiger partial charge is 0.263 e. The molecule has 1 aliphatic rings. The van der Waals surface area contributed by atoms with Crippen LogP contribution in [0.2, 0.25) is 0 Å². The maximum Gasteiger partial charge on any atom is 0.263 e. The Morgan fingerprint density at radius 3 is 2.80 bits per heavy atom. The standard InChI is InChI=1S/C12H22N4O3S/c1-9-11(8-17)12(14-13-9)20(18,19)16-6-4-5-10(16)7-15(2)3/h10,17H,4-8H2,1-3H3,(H,13,14). The van der Waals surface area contributed by atoms with E-state index in [-0.39, 0.29) is 17.7 Å². The third-order valence-electron chi connectivity index (χ3n) is 3.65. The Balaban J connectivity index is 2.34. The predicted molar refractivity (Wildman–Crippen MR) is 74.7 cm³/mol. The Labute approximate surface area is 119 Å². The van der Waals surface area contributed by atoms with Crippen LogP contribution in [0.25, 0.3) is 0 Å². The second kappa shape index (κ2) is 5.80. The van der Waals surface area contributed by atoms with Gasteiger partial charge >= 0.3 is 0 Å². The van der Waals surface area contributed by atoms with Crippen LogP contribution < -0.4 is 0 Å². The molecule has 1 unspecified atom stereocenters. The molecule has 2 rings (SSSR count). The molecule has 1 saturated heterocycles. The average molecular weight is 302 g/mol. The Morgan fingerprint density at radius 2 is 2.20 bits per heavy atom. The van der Waals surface area contributed by atoms with Gasteiger partial charge in [0.25, 0.3) is 10.0 Å². The maximum absolute atomic E-state index is 12.7. The van der Waals surface area contributed by atoms with Crippen molar-refractivity contribution in [3.8, 4) is 0 Å². The molecule has 0 radical (unpaired) electrons. The number of nitrogens with zero attached hydrogens (tertiary/aromatic N) is 3. The number of hydrogen-bond acceptors (Lipinski definition) is 5. The highest BCUT2D eigenvalue weighted by atomic mass is 32.2. The van der Waals surface area contributed by atoms with E-state index in [9.17, 15) is 13.5 Å². The normalized spacial score (nSPS) is 20.9. The summed E-state index contributed by atoms with van der Waals surface area (Å²) in [5.74, 6) is 0. The highest BCUT2D eigenvalue weighted by Gasteiger charge is 2.38. The SMILES string of the molecule is Cc1[nH]nc(S(=O)(=O)N2CCCC2CN(C)C)c1CO. The number of aliphatic hydroxyl groups is 1. The number of likely N-dealkylation sites (N-methyl/N-ethyl adjacent to an activating group) is 1. The quantitative estimate of drug-likeness (QED) is 0.794. The molecule has 7 nitrogen and oxygen atoms in total. The number of aliphatic hydroxyl groups excluding tert-OH is 1. The molecule has 1 aromatic rings. The van der Waals surface area contributed by atoms with E-state index in [1.165, 1.54) is 4.31 Å². The largest absolute Gasteiger partial charge is 0.392 e. The van der Waals surface area contributed by atoms with Crippen LogP contribution in [0.5, 0.6) is 0 Å². The van der Waals surface area contributed by atoms with Gasteiger partial charge in [0.15, 0.2) is 5.03 Å². The summed E-state index contributed by atoms with van der Waals surface area (Å²) in [5.41, 5.74) is 0.954. The van der Waals surface area contributed by atoms with Crippen molar-refractivity contribution in [3.63, 3.8) is 0 Å². The number of rotatable bonds is 5. The second-order valence-corrected chi connectivity index (χ2v) is 7.27. The summed E-state index contributed by atoms with van der Waals surface area (Å²) < 4.78 is 27.0. The van der Waals surface area contributed by atoms with Crippen molar-refractivity contribution in [2.45, 2.75) is 37.4 Å². The van der Waals surface area contributed by atoms with Gasteiger partial charge in [0.2, 0.25) is 0 Å². The third kappa shape index (κ3) is 2.73. The summed E-state index contributed by atoms with van der Waals surface area (Å²) in [6.07, 6.45) is 1.71. The molecule has 1 fully saturated rings. The zero-order valence-electron chi connectivity index (χ0n) is 12.1. The van der Waals surface area contributed by atoms with Crippen LogP contribution in [0.4, 0.5) is 0 Å². The van der Waals surface area contributed by atoms with Crippen LogP contribution in [0.1, 0.15) is 24.1 Å². The van der Waals surface area contributed by atoms with E-state index in [0.717, 1.165) is 12.8 Å². The second-order valence-electron chi connectivity index (χ2n) is 5.46. The van der Waals surface area contributed by atoms with Crippen molar-refractivity contribution in [3.05, 3.63) is 11.3 Å². The van der Waals surface area contributed by atoms with E-state index in [4.69, 9.17) is 0 Å². The van der Waals surface area contributed by atoms with E-state index in [1.54, 1.807) is 6.92 Å². The molecule has 0 spiro atoms. The molecule has 1 aliphatic heterocycles. The molecule has 2 N–H and O–H groups in total.